The monoisotopic (exact) mass is 344 g/mol. The Labute approximate surface area is 145 Å². The first-order chi connectivity index (χ1) is 11.6. The summed E-state index contributed by atoms with van der Waals surface area (Å²) >= 11 is 5.84. The summed E-state index contributed by atoms with van der Waals surface area (Å²) in [6.07, 6.45) is 2.39. The zero-order valence-electron chi connectivity index (χ0n) is 13.2. The first-order valence-corrected chi connectivity index (χ1v) is 8.30. The van der Waals surface area contributed by atoms with E-state index in [0.717, 1.165) is 23.5 Å². The summed E-state index contributed by atoms with van der Waals surface area (Å²) in [6.45, 7) is 1.14. The quantitative estimate of drug-likeness (QED) is 0.857. The molecule has 0 radical (unpaired) electrons. The van der Waals surface area contributed by atoms with Crippen molar-refractivity contribution in [2.24, 2.45) is 5.92 Å². The molecule has 0 unspecified atom stereocenters. The molecule has 0 saturated heterocycles. The molecule has 0 N–H and O–H groups in total. The minimum atomic E-state index is -0.0185. The van der Waals surface area contributed by atoms with Gasteiger partial charge < -0.3 is 9.47 Å². The Morgan fingerprint density at radius 2 is 2.00 bits per heavy atom. The lowest BCUT2D eigenvalue weighted by atomic mass is 10.1. The Morgan fingerprint density at radius 1 is 1.21 bits per heavy atom. The average Bonchev–Trinajstić information content (AvgIpc) is 3.41. The number of rotatable bonds is 3. The second kappa shape index (κ2) is 5.98. The van der Waals surface area contributed by atoms with Crippen molar-refractivity contribution < 1.29 is 14.3 Å². The van der Waals surface area contributed by atoms with Gasteiger partial charge in [-0.05, 0) is 42.2 Å². The van der Waals surface area contributed by atoms with Crippen LogP contribution in [-0.2, 0) is 4.79 Å². The number of carbonyl (C=O) groups is 1. The highest BCUT2D eigenvalue weighted by molar-refractivity contribution is 6.30. The van der Waals surface area contributed by atoms with Gasteiger partial charge in [0.25, 0.3) is 0 Å². The van der Waals surface area contributed by atoms with Crippen LogP contribution < -0.4 is 14.4 Å². The predicted molar refractivity (Wildman–Crippen MR) is 90.9 cm³/mol. The Bertz CT molecular complexity index is 778. The van der Waals surface area contributed by atoms with Gasteiger partial charge in [-0.25, -0.2) is 4.98 Å². The average molecular weight is 345 g/mol. The van der Waals surface area contributed by atoms with Crippen LogP contribution in [0.1, 0.15) is 17.9 Å². The van der Waals surface area contributed by atoms with Gasteiger partial charge in [0.15, 0.2) is 11.5 Å². The first-order valence-electron chi connectivity index (χ1n) is 7.92. The number of aromatic nitrogens is 1. The molecule has 0 bridgehead atoms. The van der Waals surface area contributed by atoms with Gasteiger partial charge in [-0.15, -0.1) is 0 Å². The van der Waals surface area contributed by atoms with Crippen LogP contribution in [0.2, 0.25) is 5.02 Å². The summed E-state index contributed by atoms with van der Waals surface area (Å²) < 4.78 is 11.2. The van der Waals surface area contributed by atoms with Crippen LogP contribution in [0.15, 0.2) is 36.5 Å². The van der Waals surface area contributed by atoms with E-state index in [0.29, 0.717) is 24.1 Å². The standard InChI is InChI=1S/C18H17ClN2O3/c1-21(17-5-3-12(19)10-20-17)18(22)14-9-13(14)11-2-4-15-16(8-11)24-7-6-23-15/h2-5,8,10,13-14H,6-7,9H2,1H3/t13-,14-/m1/s1. The molecule has 1 aliphatic heterocycles. The van der Waals surface area contributed by atoms with E-state index in [9.17, 15) is 4.79 Å². The molecule has 1 saturated carbocycles. The molecule has 1 amide bonds. The molecule has 2 heterocycles. The van der Waals surface area contributed by atoms with Gasteiger partial charge in [-0.2, -0.15) is 0 Å². The normalized spacial score (nSPS) is 21.2. The highest BCUT2D eigenvalue weighted by atomic mass is 35.5. The molecular weight excluding hydrogens is 328 g/mol. The van der Waals surface area contributed by atoms with Crippen molar-refractivity contribution in [3.8, 4) is 11.5 Å². The van der Waals surface area contributed by atoms with Crippen LogP contribution >= 0.6 is 11.6 Å². The van der Waals surface area contributed by atoms with Crippen LogP contribution in [0.25, 0.3) is 0 Å². The lowest BCUT2D eigenvalue weighted by Gasteiger charge is -2.19. The van der Waals surface area contributed by atoms with E-state index < -0.39 is 0 Å². The van der Waals surface area contributed by atoms with E-state index in [1.54, 1.807) is 30.3 Å². The molecule has 2 aromatic rings. The second-order valence-electron chi connectivity index (χ2n) is 6.08. The molecule has 24 heavy (non-hydrogen) atoms. The molecule has 2 atom stereocenters. The minimum absolute atomic E-state index is 0.0185. The molecule has 1 aromatic carbocycles. The molecule has 6 heteroatoms. The van der Waals surface area contributed by atoms with E-state index >= 15 is 0 Å². The maximum Gasteiger partial charge on any atom is 0.231 e. The highest BCUT2D eigenvalue weighted by Crippen LogP contribution is 2.50. The Kier molecular flexibility index (Phi) is 3.81. The second-order valence-corrected chi connectivity index (χ2v) is 6.52. The van der Waals surface area contributed by atoms with E-state index in [1.807, 2.05) is 18.2 Å². The van der Waals surface area contributed by atoms with Crippen LogP contribution in [0.5, 0.6) is 11.5 Å². The summed E-state index contributed by atoms with van der Waals surface area (Å²) in [5.41, 5.74) is 1.12. The zero-order valence-corrected chi connectivity index (χ0v) is 14.0. The number of benzene rings is 1. The molecule has 1 fully saturated rings. The number of anilines is 1. The molecule has 5 nitrogen and oxygen atoms in total. The van der Waals surface area contributed by atoms with E-state index in [1.165, 1.54) is 0 Å². The molecule has 4 rings (SSSR count). The largest absolute Gasteiger partial charge is 0.486 e. The SMILES string of the molecule is CN(C(=O)[C@@H]1C[C@@H]1c1ccc2c(c1)OCCO2)c1ccc(Cl)cn1. The van der Waals surface area contributed by atoms with Crippen LogP contribution in [0.3, 0.4) is 0 Å². The van der Waals surface area contributed by atoms with Crippen LogP contribution in [0.4, 0.5) is 5.82 Å². The predicted octanol–water partition coefficient (Wildman–Crippen LogP) is 3.27. The molecule has 2 aliphatic rings. The maximum absolute atomic E-state index is 12.7. The number of halogens is 1. The Morgan fingerprint density at radius 3 is 2.75 bits per heavy atom. The Hall–Kier alpha value is -2.27. The van der Waals surface area contributed by atoms with Gasteiger partial charge in [0.1, 0.15) is 19.0 Å². The van der Waals surface area contributed by atoms with Gasteiger partial charge in [0, 0.05) is 19.2 Å². The fraction of sp³-hybridized carbons (Fsp3) is 0.333. The summed E-state index contributed by atoms with van der Waals surface area (Å²) in [4.78, 5) is 18.5. The number of carbonyl (C=O) groups excluding carboxylic acids is 1. The van der Waals surface area contributed by atoms with Crippen molar-refractivity contribution in [1.29, 1.82) is 0 Å². The summed E-state index contributed by atoms with van der Waals surface area (Å²) in [5, 5.41) is 0.556. The third-order valence-electron chi connectivity index (χ3n) is 4.49. The van der Waals surface area contributed by atoms with E-state index in [4.69, 9.17) is 21.1 Å². The van der Waals surface area contributed by atoms with Gasteiger partial charge in [0.05, 0.1) is 5.02 Å². The van der Waals surface area contributed by atoms with Gasteiger partial charge in [-0.1, -0.05) is 17.7 Å². The first kappa shape index (κ1) is 15.3. The number of hydrogen-bond donors (Lipinski definition) is 0. The topological polar surface area (TPSA) is 51.7 Å². The molecular formula is C18H17ClN2O3. The van der Waals surface area contributed by atoms with Crippen molar-refractivity contribution in [3.05, 3.63) is 47.1 Å². The molecule has 1 aromatic heterocycles. The third kappa shape index (κ3) is 2.80. The lowest BCUT2D eigenvalue weighted by Crippen LogP contribution is -2.28. The smallest absolute Gasteiger partial charge is 0.231 e. The number of amides is 1. The minimum Gasteiger partial charge on any atom is -0.486 e. The van der Waals surface area contributed by atoms with Crippen molar-refractivity contribution in [3.63, 3.8) is 0 Å². The lowest BCUT2D eigenvalue weighted by molar-refractivity contribution is -0.119. The fourth-order valence-corrected chi connectivity index (χ4v) is 3.17. The van der Waals surface area contributed by atoms with Crippen LogP contribution in [-0.4, -0.2) is 31.2 Å². The van der Waals surface area contributed by atoms with Gasteiger partial charge in [0.2, 0.25) is 5.91 Å². The number of ether oxygens (including phenoxy) is 2. The molecule has 0 spiro atoms. The fourth-order valence-electron chi connectivity index (χ4n) is 3.05. The molecule has 1 aliphatic carbocycles. The van der Waals surface area contributed by atoms with Gasteiger partial charge >= 0.3 is 0 Å². The zero-order chi connectivity index (χ0) is 16.7. The van der Waals surface area contributed by atoms with Crippen molar-refractivity contribution in [2.75, 3.05) is 25.2 Å². The number of pyridine rings is 1. The highest BCUT2D eigenvalue weighted by Gasteiger charge is 2.45. The van der Waals surface area contributed by atoms with Gasteiger partial charge in [-0.3, -0.25) is 9.69 Å². The molecule has 124 valence electrons. The number of fused-ring (bicyclic) bond motifs is 1. The summed E-state index contributed by atoms with van der Waals surface area (Å²) in [7, 11) is 1.75. The van der Waals surface area contributed by atoms with Crippen LogP contribution in [0, 0.1) is 5.92 Å². The number of hydrogen-bond acceptors (Lipinski definition) is 4. The summed E-state index contributed by atoms with van der Waals surface area (Å²) in [6, 6.07) is 9.42. The Balaban J connectivity index is 1.47. The number of nitrogens with zero attached hydrogens (tertiary/aromatic N) is 2. The third-order valence-corrected chi connectivity index (χ3v) is 4.71. The van der Waals surface area contributed by atoms with Crippen molar-refractivity contribution in [1.82, 2.24) is 4.98 Å². The van der Waals surface area contributed by atoms with E-state index in [2.05, 4.69) is 4.98 Å². The summed E-state index contributed by atoms with van der Waals surface area (Å²) in [5.74, 6) is 2.43. The maximum atomic E-state index is 12.7. The van der Waals surface area contributed by atoms with E-state index in [-0.39, 0.29) is 17.7 Å². The van der Waals surface area contributed by atoms with Crippen molar-refractivity contribution >= 4 is 23.3 Å². The van der Waals surface area contributed by atoms with Crippen molar-refractivity contribution in [2.45, 2.75) is 12.3 Å².